The summed E-state index contributed by atoms with van der Waals surface area (Å²) in [6, 6.07) is 19.8. The van der Waals surface area contributed by atoms with Gasteiger partial charge in [0.2, 0.25) is 0 Å². The molecule has 0 radical (unpaired) electrons. The Hall–Kier alpha value is -1.64. The van der Waals surface area contributed by atoms with Crippen LogP contribution < -0.4 is 5.73 Å². The first-order valence-electron chi connectivity index (χ1n) is 6.19. The quantitative estimate of drug-likeness (QED) is 0.863. The predicted molar refractivity (Wildman–Crippen MR) is 74.4 cm³/mol. The number of hydrogen-bond acceptors (Lipinski definition) is 2. The molecule has 0 aromatic heterocycles. The van der Waals surface area contributed by atoms with E-state index in [-0.39, 0.29) is 12.6 Å². The van der Waals surface area contributed by atoms with Gasteiger partial charge in [0.25, 0.3) is 0 Å². The van der Waals surface area contributed by atoms with Crippen molar-refractivity contribution in [1.29, 1.82) is 0 Å². The molecule has 18 heavy (non-hydrogen) atoms. The standard InChI is InChI=1S/C16H19NO/c1-13(17)16(12-18,14-8-4-2-5-9-14)15-10-6-3-7-11-15/h2-11,13,18H,12,17H2,1H3. The van der Waals surface area contributed by atoms with Crippen molar-refractivity contribution in [1.82, 2.24) is 0 Å². The molecule has 0 spiro atoms. The van der Waals surface area contributed by atoms with Gasteiger partial charge in [-0.15, -0.1) is 0 Å². The van der Waals surface area contributed by atoms with E-state index in [1.807, 2.05) is 67.6 Å². The average Bonchev–Trinajstić information content (AvgIpc) is 2.42. The van der Waals surface area contributed by atoms with Gasteiger partial charge in [0.15, 0.2) is 0 Å². The van der Waals surface area contributed by atoms with Gasteiger partial charge in [-0.1, -0.05) is 60.7 Å². The third-order valence-electron chi connectivity index (χ3n) is 3.60. The minimum atomic E-state index is -0.539. The normalized spacial score (nSPS) is 13.3. The number of aliphatic hydroxyl groups is 1. The summed E-state index contributed by atoms with van der Waals surface area (Å²) >= 11 is 0. The lowest BCUT2D eigenvalue weighted by Gasteiger charge is -2.37. The number of benzene rings is 2. The highest BCUT2D eigenvalue weighted by Crippen LogP contribution is 2.34. The third-order valence-corrected chi connectivity index (χ3v) is 3.60. The summed E-state index contributed by atoms with van der Waals surface area (Å²) in [5.41, 5.74) is 7.75. The van der Waals surface area contributed by atoms with Crippen molar-refractivity contribution in [3.05, 3.63) is 71.8 Å². The highest BCUT2D eigenvalue weighted by Gasteiger charge is 2.37. The lowest BCUT2D eigenvalue weighted by molar-refractivity contribution is 0.201. The summed E-state index contributed by atoms with van der Waals surface area (Å²) in [5, 5.41) is 9.97. The molecule has 3 N–H and O–H groups in total. The van der Waals surface area contributed by atoms with Crippen molar-refractivity contribution < 1.29 is 5.11 Å². The van der Waals surface area contributed by atoms with Crippen molar-refractivity contribution in [3.63, 3.8) is 0 Å². The van der Waals surface area contributed by atoms with Gasteiger partial charge in [0, 0.05) is 6.04 Å². The number of nitrogens with two attached hydrogens (primary N) is 1. The van der Waals surface area contributed by atoms with Gasteiger partial charge in [0.05, 0.1) is 12.0 Å². The number of aliphatic hydroxyl groups excluding tert-OH is 1. The molecule has 0 aliphatic rings. The fourth-order valence-electron chi connectivity index (χ4n) is 2.49. The van der Waals surface area contributed by atoms with Gasteiger partial charge in [0.1, 0.15) is 0 Å². The van der Waals surface area contributed by atoms with Gasteiger partial charge in [-0.05, 0) is 18.1 Å². The summed E-state index contributed by atoms with van der Waals surface area (Å²) in [6.07, 6.45) is 0. The Morgan fingerprint density at radius 3 is 1.61 bits per heavy atom. The highest BCUT2D eigenvalue weighted by molar-refractivity contribution is 5.41. The molecule has 2 aromatic carbocycles. The first kappa shape index (κ1) is 12.8. The van der Waals surface area contributed by atoms with E-state index in [4.69, 9.17) is 5.73 Å². The Bertz CT molecular complexity index is 439. The molecular weight excluding hydrogens is 222 g/mol. The van der Waals surface area contributed by atoms with E-state index in [0.29, 0.717) is 0 Å². The molecule has 0 aliphatic heterocycles. The second-order valence-corrected chi connectivity index (χ2v) is 4.65. The smallest absolute Gasteiger partial charge is 0.0583 e. The average molecular weight is 241 g/mol. The van der Waals surface area contributed by atoms with Crippen LogP contribution in [0.25, 0.3) is 0 Å². The summed E-state index contributed by atoms with van der Waals surface area (Å²) in [7, 11) is 0. The summed E-state index contributed by atoms with van der Waals surface area (Å²) in [4.78, 5) is 0. The molecule has 2 nitrogen and oxygen atoms in total. The zero-order valence-corrected chi connectivity index (χ0v) is 10.6. The van der Waals surface area contributed by atoms with E-state index in [1.165, 1.54) is 0 Å². The van der Waals surface area contributed by atoms with Crippen LogP contribution in [0.2, 0.25) is 0 Å². The van der Waals surface area contributed by atoms with Crippen LogP contribution in [0, 0.1) is 0 Å². The van der Waals surface area contributed by atoms with Crippen molar-refractivity contribution in [2.24, 2.45) is 5.73 Å². The van der Waals surface area contributed by atoms with E-state index in [0.717, 1.165) is 11.1 Å². The Morgan fingerprint density at radius 2 is 1.33 bits per heavy atom. The van der Waals surface area contributed by atoms with Crippen LogP contribution in [-0.2, 0) is 5.41 Å². The van der Waals surface area contributed by atoms with Crippen LogP contribution in [0.3, 0.4) is 0 Å². The fourth-order valence-corrected chi connectivity index (χ4v) is 2.49. The highest BCUT2D eigenvalue weighted by atomic mass is 16.3. The molecule has 2 rings (SSSR count). The van der Waals surface area contributed by atoms with Crippen molar-refractivity contribution in [2.75, 3.05) is 6.61 Å². The lowest BCUT2D eigenvalue weighted by atomic mass is 9.70. The van der Waals surface area contributed by atoms with Crippen molar-refractivity contribution in [3.8, 4) is 0 Å². The Kier molecular flexibility index (Phi) is 3.80. The summed E-state index contributed by atoms with van der Waals surface area (Å²) in [5.74, 6) is 0. The zero-order chi connectivity index (χ0) is 13.0. The molecule has 2 heteroatoms. The predicted octanol–water partition coefficient (Wildman–Crippen LogP) is 2.31. The fraction of sp³-hybridized carbons (Fsp3) is 0.250. The third kappa shape index (κ3) is 2.05. The monoisotopic (exact) mass is 241 g/mol. The Balaban J connectivity index is 2.61. The molecular formula is C16H19NO. The van der Waals surface area contributed by atoms with E-state index >= 15 is 0 Å². The molecule has 1 atom stereocenters. The largest absolute Gasteiger partial charge is 0.395 e. The molecule has 1 unspecified atom stereocenters. The van der Waals surface area contributed by atoms with Crippen LogP contribution in [-0.4, -0.2) is 17.8 Å². The molecule has 94 valence electrons. The zero-order valence-electron chi connectivity index (χ0n) is 10.6. The maximum atomic E-state index is 9.97. The van der Waals surface area contributed by atoms with Gasteiger partial charge in [-0.3, -0.25) is 0 Å². The Morgan fingerprint density at radius 1 is 0.944 bits per heavy atom. The molecule has 0 bridgehead atoms. The topological polar surface area (TPSA) is 46.2 Å². The van der Waals surface area contributed by atoms with E-state index in [2.05, 4.69) is 0 Å². The van der Waals surface area contributed by atoms with E-state index in [1.54, 1.807) is 0 Å². The maximum absolute atomic E-state index is 9.97. The molecule has 0 fully saturated rings. The van der Waals surface area contributed by atoms with Crippen LogP contribution in [0.15, 0.2) is 60.7 Å². The Labute approximate surface area is 108 Å². The van der Waals surface area contributed by atoms with Crippen LogP contribution in [0.4, 0.5) is 0 Å². The maximum Gasteiger partial charge on any atom is 0.0583 e. The van der Waals surface area contributed by atoms with Crippen LogP contribution in [0.5, 0.6) is 0 Å². The minimum absolute atomic E-state index is 0.00130. The second-order valence-electron chi connectivity index (χ2n) is 4.65. The van der Waals surface area contributed by atoms with Crippen LogP contribution in [0.1, 0.15) is 18.1 Å². The van der Waals surface area contributed by atoms with Crippen molar-refractivity contribution >= 4 is 0 Å². The first-order valence-corrected chi connectivity index (χ1v) is 6.19. The SMILES string of the molecule is CC(N)C(CO)(c1ccccc1)c1ccccc1. The summed E-state index contributed by atoms with van der Waals surface area (Å²) in [6.45, 7) is 1.94. The van der Waals surface area contributed by atoms with E-state index < -0.39 is 5.41 Å². The number of rotatable bonds is 4. The molecule has 0 saturated carbocycles. The van der Waals surface area contributed by atoms with Gasteiger partial charge in [-0.25, -0.2) is 0 Å². The van der Waals surface area contributed by atoms with Gasteiger partial charge < -0.3 is 10.8 Å². The van der Waals surface area contributed by atoms with Crippen molar-refractivity contribution in [2.45, 2.75) is 18.4 Å². The number of hydrogen-bond donors (Lipinski definition) is 2. The van der Waals surface area contributed by atoms with Gasteiger partial charge >= 0.3 is 0 Å². The second kappa shape index (κ2) is 5.34. The summed E-state index contributed by atoms with van der Waals surface area (Å²) < 4.78 is 0. The van der Waals surface area contributed by atoms with Gasteiger partial charge in [-0.2, -0.15) is 0 Å². The molecule has 2 aromatic rings. The van der Waals surface area contributed by atoms with E-state index in [9.17, 15) is 5.11 Å². The molecule has 0 heterocycles. The molecule has 0 aliphatic carbocycles. The van der Waals surface area contributed by atoms with Crippen LogP contribution >= 0.6 is 0 Å². The lowest BCUT2D eigenvalue weighted by Crippen LogP contribution is -2.47. The molecule has 0 saturated heterocycles. The molecule has 0 amide bonds. The first-order chi connectivity index (χ1) is 8.71. The minimum Gasteiger partial charge on any atom is -0.395 e.